The molecule has 100 valence electrons. The van der Waals surface area contributed by atoms with E-state index in [1.807, 2.05) is 6.07 Å². The molecule has 0 N–H and O–H groups in total. The summed E-state index contributed by atoms with van der Waals surface area (Å²) in [6.45, 7) is 0.948. The molecule has 0 radical (unpaired) electrons. The van der Waals surface area contributed by atoms with Crippen LogP contribution in [0.4, 0.5) is 10.1 Å². The zero-order chi connectivity index (χ0) is 13.2. The van der Waals surface area contributed by atoms with Gasteiger partial charge in [-0.2, -0.15) is 5.26 Å². The Morgan fingerprint density at radius 3 is 2.63 bits per heavy atom. The van der Waals surface area contributed by atoms with Gasteiger partial charge in [0.15, 0.2) is 0 Å². The lowest BCUT2D eigenvalue weighted by Gasteiger charge is -2.31. The lowest BCUT2D eigenvalue weighted by Crippen LogP contribution is -2.35. The molecule has 0 spiro atoms. The predicted octanol–water partition coefficient (Wildman–Crippen LogP) is 3.86. The molecule has 1 aromatic carbocycles. The number of halogens is 1. The lowest BCUT2D eigenvalue weighted by molar-refractivity contribution is 0.427. The smallest absolute Gasteiger partial charge is 0.147 e. The molecule has 2 fully saturated rings. The molecule has 19 heavy (non-hydrogen) atoms. The predicted molar refractivity (Wildman–Crippen MR) is 73.4 cm³/mol. The first-order valence-electron chi connectivity index (χ1n) is 7.26. The molecule has 3 heteroatoms. The van der Waals surface area contributed by atoms with Gasteiger partial charge in [0.2, 0.25) is 0 Å². The molecule has 1 unspecified atom stereocenters. The molecular formula is C16H19FN2. The van der Waals surface area contributed by atoms with Crippen molar-refractivity contribution in [3.05, 3.63) is 29.6 Å². The van der Waals surface area contributed by atoms with Gasteiger partial charge in [-0.15, -0.1) is 0 Å². The highest BCUT2D eigenvalue weighted by atomic mass is 19.1. The maximum atomic E-state index is 14.2. The maximum Gasteiger partial charge on any atom is 0.147 e. The van der Waals surface area contributed by atoms with E-state index in [-0.39, 0.29) is 5.82 Å². The third-order valence-electron chi connectivity index (χ3n) is 4.63. The molecule has 0 amide bonds. The minimum atomic E-state index is -0.246. The van der Waals surface area contributed by atoms with Crippen LogP contribution in [0.25, 0.3) is 0 Å². The van der Waals surface area contributed by atoms with E-state index in [0.717, 1.165) is 18.9 Å². The zero-order valence-electron chi connectivity index (χ0n) is 11.1. The van der Waals surface area contributed by atoms with Gasteiger partial charge >= 0.3 is 0 Å². The van der Waals surface area contributed by atoms with Gasteiger partial charge in [0.25, 0.3) is 0 Å². The molecule has 1 saturated carbocycles. The first-order chi connectivity index (χ1) is 9.29. The van der Waals surface area contributed by atoms with Gasteiger partial charge < -0.3 is 4.90 Å². The molecular weight excluding hydrogens is 239 g/mol. The number of nitrogens with zero attached hydrogens (tertiary/aromatic N) is 2. The van der Waals surface area contributed by atoms with E-state index < -0.39 is 0 Å². The van der Waals surface area contributed by atoms with E-state index in [4.69, 9.17) is 5.26 Å². The third kappa shape index (κ3) is 2.32. The highest BCUT2D eigenvalue weighted by Crippen LogP contribution is 2.38. The fraction of sp³-hybridized carbons (Fsp3) is 0.562. The first-order valence-corrected chi connectivity index (χ1v) is 7.26. The van der Waals surface area contributed by atoms with Crippen molar-refractivity contribution in [3.8, 4) is 6.07 Å². The number of hydrogen-bond donors (Lipinski definition) is 0. The summed E-state index contributed by atoms with van der Waals surface area (Å²) in [7, 11) is 0. The van der Waals surface area contributed by atoms with Crippen molar-refractivity contribution in [2.75, 3.05) is 11.4 Å². The van der Waals surface area contributed by atoms with Gasteiger partial charge in [0, 0.05) is 12.6 Å². The van der Waals surface area contributed by atoms with Gasteiger partial charge in [-0.3, -0.25) is 0 Å². The fourth-order valence-electron chi connectivity index (χ4n) is 3.73. The van der Waals surface area contributed by atoms with E-state index in [2.05, 4.69) is 4.90 Å². The molecule has 1 saturated heterocycles. The summed E-state index contributed by atoms with van der Waals surface area (Å²) in [4.78, 5) is 2.24. The van der Waals surface area contributed by atoms with Crippen LogP contribution in [-0.4, -0.2) is 12.6 Å². The highest BCUT2D eigenvalue weighted by Gasteiger charge is 2.34. The van der Waals surface area contributed by atoms with Crippen LogP contribution in [0.5, 0.6) is 0 Å². The molecule has 2 aliphatic rings. The van der Waals surface area contributed by atoms with Crippen molar-refractivity contribution in [1.29, 1.82) is 5.26 Å². The summed E-state index contributed by atoms with van der Waals surface area (Å²) in [6, 6.07) is 7.36. The normalized spacial score (nSPS) is 23.8. The minimum Gasteiger partial charge on any atom is -0.366 e. The van der Waals surface area contributed by atoms with Crippen LogP contribution in [0.15, 0.2) is 18.2 Å². The minimum absolute atomic E-state index is 0.246. The summed E-state index contributed by atoms with van der Waals surface area (Å²) in [5.74, 6) is 0.487. The fourth-order valence-corrected chi connectivity index (χ4v) is 3.73. The Bertz CT molecular complexity index is 500. The summed E-state index contributed by atoms with van der Waals surface area (Å²) < 4.78 is 14.2. The van der Waals surface area contributed by atoms with E-state index in [1.54, 1.807) is 12.1 Å². The summed E-state index contributed by atoms with van der Waals surface area (Å²) in [5, 5.41) is 8.81. The molecule has 1 aliphatic carbocycles. The summed E-state index contributed by atoms with van der Waals surface area (Å²) in [5.41, 5.74) is 1.09. The number of rotatable bonds is 2. The summed E-state index contributed by atoms with van der Waals surface area (Å²) >= 11 is 0. The van der Waals surface area contributed by atoms with Crippen LogP contribution in [0.1, 0.15) is 44.1 Å². The lowest BCUT2D eigenvalue weighted by atomic mass is 9.95. The van der Waals surface area contributed by atoms with Crippen molar-refractivity contribution < 1.29 is 4.39 Å². The monoisotopic (exact) mass is 258 g/mol. The number of benzene rings is 1. The Labute approximate surface area is 113 Å². The Morgan fingerprint density at radius 2 is 1.95 bits per heavy atom. The Morgan fingerprint density at radius 1 is 1.16 bits per heavy atom. The number of anilines is 1. The average Bonchev–Trinajstić information content (AvgIpc) is 3.08. The highest BCUT2D eigenvalue weighted by molar-refractivity contribution is 5.52. The van der Waals surface area contributed by atoms with E-state index in [1.165, 1.54) is 38.2 Å². The van der Waals surface area contributed by atoms with Crippen molar-refractivity contribution in [2.24, 2.45) is 5.92 Å². The Balaban J connectivity index is 1.86. The maximum absolute atomic E-state index is 14.2. The Hall–Kier alpha value is -1.56. The number of hydrogen-bond acceptors (Lipinski definition) is 2. The first kappa shape index (κ1) is 12.5. The molecule has 2 nitrogen and oxygen atoms in total. The van der Waals surface area contributed by atoms with E-state index in [9.17, 15) is 4.39 Å². The van der Waals surface area contributed by atoms with E-state index in [0.29, 0.717) is 17.3 Å². The Kier molecular flexibility index (Phi) is 3.42. The van der Waals surface area contributed by atoms with Crippen molar-refractivity contribution in [3.63, 3.8) is 0 Å². The molecule has 1 atom stereocenters. The largest absolute Gasteiger partial charge is 0.366 e. The average molecular weight is 258 g/mol. The van der Waals surface area contributed by atoms with Crippen LogP contribution >= 0.6 is 0 Å². The van der Waals surface area contributed by atoms with Gasteiger partial charge in [-0.1, -0.05) is 12.8 Å². The SMILES string of the molecule is N#Cc1ccc(N2CCCC2C2CCCC2)c(F)c1. The molecule has 1 aromatic rings. The van der Waals surface area contributed by atoms with Gasteiger partial charge in [-0.25, -0.2) is 4.39 Å². The van der Waals surface area contributed by atoms with Crippen LogP contribution in [0.3, 0.4) is 0 Å². The topological polar surface area (TPSA) is 27.0 Å². The second kappa shape index (κ2) is 5.21. The molecule has 0 bridgehead atoms. The van der Waals surface area contributed by atoms with E-state index >= 15 is 0 Å². The summed E-state index contributed by atoms with van der Waals surface area (Å²) in [6.07, 6.45) is 7.57. The van der Waals surface area contributed by atoms with Crippen molar-refractivity contribution >= 4 is 5.69 Å². The van der Waals surface area contributed by atoms with Gasteiger partial charge in [-0.05, 0) is 49.8 Å². The van der Waals surface area contributed by atoms with Gasteiger partial charge in [0.05, 0.1) is 17.3 Å². The quantitative estimate of drug-likeness (QED) is 0.805. The van der Waals surface area contributed by atoms with Gasteiger partial charge in [0.1, 0.15) is 5.82 Å². The second-order valence-electron chi connectivity index (χ2n) is 5.73. The van der Waals surface area contributed by atoms with Crippen LogP contribution in [0.2, 0.25) is 0 Å². The molecule has 0 aromatic heterocycles. The van der Waals surface area contributed by atoms with Crippen LogP contribution in [-0.2, 0) is 0 Å². The van der Waals surface area contributed by atoms with Crippen molar-refractivity contribution in [2.45, 2.75) is 44.6 Å². The second-order valence-corrected chi connectivity index (χ2v) is 5.73. The molecule has 1 aliphatic heterocycles. The molecule has 3 rings (SSSR count). The van der Waals surface area contributed by atoms with Crippen LogP contribution < -0.4 is 4.90 Å². The standard InChI is InChI=1S/C16H19FN2/c17-14-10-12(11-18)7-8-16(14)19-9-3-6-15(19)13-4-1-2-5-13/h7-8,10,13,15H,1-6,9H2. The van der Waals surface area contributed by atoms with Crippen molar-refractivity contribution in [1.82, 2.24) is 0 Å². The number of nitriles is 1. The van der Waals surface area contributed by atoms with Crippen LogP contribution in [0, 0.1) is 23.1 Å². The molecule has 1 heterocycles. The third-order valence-corrected chi connectivity index (χ3v) is 4.63. The zero-order valence-corrected chi connectivity index (χ0v) is 11.1.